The number of nitrogens with one attached hydrogen (secondary N) is 2. The molecule has 0 atom stereocenters. The van der Waals surface area contributed by atoms with Crippen molar-refractivity contribution >= 4 is 17.9 Å². The SMILES string of the molecule is C#CCOc1ccc(N2CCN(C(=O)On3c(O)c(CNC(=O)OC(C)(C)C)[nH]c3=O)CC2)cc1. The summed E-state index contributed by atoms with van der Waals surface area (Å²) in [5, 5.41) is 12.7. The first kappa shape index (κ1) is 25.4. The summed E-state index contributed by atoms with van der Waals surface area (Å²) in [7, 11) is 0. The molecule has 35 heavy (non-hydrogen) atoms. The molecule has 1 aliphatic heterocycles. The van der Waals surface area contributed by atoms with Crippen LogP contribution < -0.4 is 25.5 Å². The van der Waals surface area contributed by atoms with E-state index in [4.69, 9.17) is 20.7 Å². The Morgan fingerprint density at radius 3 is 2.43 bits per heavy atom. The van der Waals surface area contributed by atoms with Crippen molar-refractivity contribution in [3.63, 3.8) is 0 Å². The van der Waals surface area contributed by atoms with Crippen LogP contribution >= 0.6 is 0 Å². The highest BCUT2D eigenvalue weighted by Crippen LogP contribution is 2.21. The third-order valence-corrected chi connectivity index (χ3v) is 4.94. The summed E-state index contributed by atoms with van der Waals surface area (Å²) in [4.78, 5) is 47.5. The minimum Gasteiger partial charge on any atom is -0.491 e. The van der Waals surface area contributed by atoms with Crippen LogP contribution in [0.4, 0.5) is 15.3 Å². The number of terminal acetylenes is 1. The normalized spacial score (nSPS) is 13.7. The average molecular weight is 488 g/mol. The maximum Gasteiger partial charge on any atom is 0.434 e. The van der Waals surface area contributed by atoms with Crippen LogP contribution in [0, 0.1) is 12.3 Å². The zero-order chi connectivity index (χ0) is 25.6. The third-order valence-electron chi connectivity index (χ3n) is 4.94. The smallest absolute Gasteiger partial charge is 0.434 e. The lowest BCUT2D eigenvalue weighted by atomic mass is 10.2. The van der Waals surface area contributed by atoms with E-state index in [1.807, 2.05) is 24.3 Å². The second-order valence-corrected chi connectivity index (χ2v) is 8.70. The molecule has 0 saturated carbocycles. The summed E-state index contributed by atoms with van der Waals surface area (Å²) in [5.74, 6) is 2.46. The molecule has 2 heterocycles. The highest BCUT2D eigenvalue weighted by atomic mass is 16.7. The molecular formula is C23H29N5O7. The number of rotatable bonds is 6. The molecule has 1 aromatic heterocycles. The van der Waals surface area contributed by atoms with Crippen LogP contribution in [0.2, 0.25) is 0 Å². The Bertz CT molecular complexity index is 1130. The van der Waals surface area contributed by atoms with E-state index in [2.05, 4.69) is 21.1 Å². The second kappa shape index (κ2) is 10.8. The van der Waals surface area contributed by atoms with Gasteiger partial charge < -0.3 is 39.5 Å². The molecule has 3 N–H and O–H groups in total. The minimum absolute atomic E-state index is 0.0341. The number of aromatic hydroxyl groups is 1. The molecule has 0 radical (unpaired) electrons. The number of imidazole rings is 1. The van der Waals surface area contributed by atoms with Crippen molar-refractivity contribution in [3.8, 4) is 24.0 Å². The number of carbonyl (C=O) groups excluding carboxylic acids is 2. The number of hydrogen-bond acceptors (Lipinski definition) is 8. The van der Waals surface area contributed by atoms with Gasteiger partial charge in [0.15, 0.2) is 0 Å². The molecule has 12 nitrogen and oxygen atoms in total. The first-order valence-electron chi connectivity index (χ1n) is 11.0. The fourth-order valence-corrected chi connectivity index (χ4v) is 3.30. The van der Waals surface area contributed by atoms with Gasteiger partial charge in [0.1, 0.15) is 23.7 Å². The fraction of sp³-hybridized carbons (Fsp3) is 0.435. The lowest BCUT2D eigenvalue weighted by Gasteiger charge is -2.35. The number of hydrogen-bond donors (Lipinski definition) is 3. The van der Waals surface area contributed by atoms with Crippen LogP contribution in [0.25, 0.3) is 0 Å². The van der Waals surface area contributed by atoms with Crippen LogP contribution in [0.3, 0.4) is 0 Å². The number of carbonyl (C=O) groups is 2. The van der Waals surface area contributed by atoms with Gasteiger partial charge in [-0.2, -0.15) is 0 Å². The quantitative estimate of drug-likeness (QED) is 0.518. The number of anilines is 1. The Morgan fingerprint density at radius 2 is 1.83 bits per heavy atom. The van der Waals surface area contributed by atoms with Crippen LogP contribution in [0.1, 0.15) is 26.5 Å². The molecule has 0 spiro atoms. The number of ether oxygens (including phenoxy) is 2. The molecule has 3 rings (SSSR count). The zero-order valence-corrected chi connectivity index (χ0v) is 19.9. The largest absolute Gasteiger partial charge is 0.491 e. The zero-order valence-electron chi connectivity index (χ0n) is 19.9. The standard InChI is InChI=1S/C23H29N5O7/c1-5-14-33-17-8-6-16(7-9-17)26-10-12-27(13-11-26)22(32)35-28-19(29)18(25-20(28)30)15-24-21(31)34-23(2,3)4/h1,6-9,29H,10-15H2,2-4H3,(H,24,31)(H,25,30). The van der Waals surface area contributed by atoms with Crippen molar-refractivity contribution in [2.24, 2.45) is 0 Å². The van der Waals surface area contributed by atoms with Gasteiger partial charge in [0, 0.05) is 31.9 Å². The molecular weight excluding hydrogens is 458 g/mol. The lowest BCUT2D eigenvalue weighted by Crippen LogP contribution is -2.51. The fourth-order valence-electron chi connectivity index (χ4n) is 3.30. The van der Waals surface area contributed by atoms with E-state index in [0.717, 1.165) is 5.69 Å². The van der Waals surface area contributed by atoms with Gasteiger partial charge in [0.2, 0.25) is 0 Å². The Hall–Kier alpha value is -4.27. The summed E-state index contributed by atoms with van der Waals surface area (Å²) >= 11 is 0. The summed E-state index contributed by atoms with van der Waals surface area (Å²) < 4.78 is 10.9. The van der Waals surface area contributed by atoms with Crippen LogP contribution in [0.5, 0.6) is 11.6 Å². The molecule has 1 saturated heterocycles. The van der Waals surface area contributed by atoms with Gasteiger partial charge in [-0.05, 0) is 45.0 Å². The van der Waals surface area contributed by atoms with Gasteiger partial charge in [-0.15, -0.1) is 6.42 Å². The van der Waals surface area contributed by atoms with E-state index in [9.17, 15) is 19.5 Å². The molecule has 188 valence electrons. The van der Waals surface area contributed by atoms with Crippen LogP contribution in [0.15, 0.2) is 29.1 Å². The summed E-state index contributed by atoms with van der Waals surface area (Å²) in [5.41, 5.74) is -0.631. The van der Waals surface area contributed by atoms with E-state index in [1.54, 1.807) is 20.8 Å². The van der Waals surface area contributed by atoms with Crippen molar-refractivity contribution in [1.29, 1.82) is 0 Å². The monoisotopic (exact) mass is 487 g/mol. The van der Waals surface area contributed by atoms with E-state index in [0.29, 0.717) is 36.7 Å². The molecule has 2 amide bonds. The Labute approximate surface area is 202 Å². The number of H-pyrrole nitrogens is 1. The van der Waals surface area contributed by atoms with Gasteiger partial charge in [-0.25, -0.2) is 14.4 Å². The van der Waals surface area contributed by atoms with Gasteiger partial charge in [-0.3, -0.25) is 0 Å². The van der Waals surface area contributed by atoms with Gasteiger partial charge in [0.05, 0.1) is 6.54 Å². The first-order valence-corrected chi connectivity index (χ1v) is 11.0. The highest BCUT2D eigenvalue weighted by molar-refractivity contribution is 5.69. The van der Waals surface area contributed by atoms with Crippen molar-refractivity contribution in [3.05, 3.63) is 40.4 Å². The van der Waals surface area contributed by atoms with E-state index in [-0.39, 0.29) is 18.8 Å². The molecule has 1 aromatic carbocycles. The third kappa shape index (κ3) is 6.86. The summed E-state index contributed by atoms with van der Waals surface area (Å²) in [6.45, 7) is 6.85. The predicted molar refractivity (Wildman–Crippen MR) is 126 cm³/mol. The molecule has 12 heteroatoms. The molecule has 0 bridgehead atoms. The number of piperazine rings is 1. The molecule has 0 aliphatic carbocycles. The van der Waals surface area contributed by atoms with Crippen molar-refractivity contribution in [2.75, 3.05) is 37.7 Å². The van der Waals surface area contributed by atoms with E-state index in [1.165, 1.54) is 4.90 Å². The van der Waals surface area contributed by atoms with Crippen molar-refractivity contribution in [1.82, 2.24) is 19.9 Å². The second-order valence-electron chi connectivity index (χ2n) is 8.70. The van der Waals surface area contributed by atoms with E-state index >= 15 is 0 Å². The first-order chi connectivity index (χ1) is 16.6. The molecule has 1 aliphatic rings. The molecule has 0 unspecified atom stereocenters. The van der Waals surface area contributed by atoms with Crippen LogP contribution in [-0.2, 0) is 11.3 Å². The van der Waals surface area contributed by atoms with Gasteiger partial charge in [0.25, 0.3) is 5.88 Å². The van der Waals surface area contributed by atoms with E-state index < -0.39 is 29.4 Å². The number of alkyl carbamates (subject to hydrolysis) is 1. The topological polar surface area (TPSA) is 138 Å². The summed E-state index contributed by atoms with van der Waals surface area (Å²) in [6, 6.07) is 7.46. The molecule has 2 aromatic rings. The number of aromatic nitrogens is 2. The maximum atomic E-state index is 12.6. The molecule has 1 fully saturated rings. The predicted octanol–water partition coefficient (Wildman–Crippen LogP) is 1.29. The minimum atomic E-state index is -0.859. The highest BCUT2D eigenvalue weighted by Gasteiger charge is 2.26. The number of aromatic amines is 1. The Morgan fingerprint density at radius 1 is 1.17 bits per heavy atom. The van der Waals surface area contributed by atoms with Crippen molar-refractivity contribution in [2.45, 2.75) is 32.9 Å². The van der Waals surface area contributed by atoms with Crippen LogP contribution in [-0.4, -0.2) is 70.3 Å². The lowest BCUT2D eigenvalue weighted by molar-refractivity contribution is 0.0521. The van der Waals surface area contributed by atoms with Gasteiger partial charge >= 0.3 is 17.9 Å². The maximum absolute atomic E-state index is 12.6. The average Bonchev–Trinajstić information content (AvgIpc) is 3.08. The number of amides is 2. The number of nitrogens with zero attached hydrogens (tertiary/aromatic N) is 3. The summed E-state index contributed by atoms with van der Waals surface area (Å²) in [6.07, 6.45) is 3.68. The van der Waals surface area contributed by atoms with Crippen molar-refractivity contribution < 1.29 is 29.0 Å². The van der Waals surface area contributed by atoms with Gasteiger partial charge in [-0.1, -0.05) is 10.7 Å². The Kier molecular flexibility index (Phi) is 7.80. The Balaban J connectivity index is 1.53. The number of benzene rings is 1.